The smallest absolute Gasteiger partial charge is 0.127 e. The fourth-order valence-electron chi connectivity index (χ4n) is 3.99. The zero-order valence-electron chi connectivity index (χ0n) is 17.2. The van der Waals surface area contributed by atoms with Gasteiger partial charge in [0.1, 0.15) is 5.75 Å². The zero-order chi connectivity index (χ0) is 18.6. The Morgan fingerprint density at radius 3 is 1.75 bits per heavy atom. The third-order valence-corrected chi connectivity index (χ3v) is 5.67. The van der Waals surface area contributed by atoms with E-state index in [1.165, 1.54) is 27.9 Å². The molecule has 0 saturated heterocycles. The number of rotatable bonds is 1. The largest absolute Gasteiger partial charge is 0.507 e. The quantitative estimate of drug-likeness (QED) is 0.605. The highest BCUT2D eigenvalue weighted by Gasteiger charge is 2.32. The van der Waals surface area contributed by atoms with Crippen molar-refractivity contribution in [3.63, 3.8) is 0 Å². The molecule has 0 bridgehead atoms. The number of hydrogen-bond donors (Lipinski definition) is 1. The van der Waals surface area contributed by atoms with E-state index in [2.05, 4.69) is 81.4 Å². The molecule has 1 N–H and O–H groups in total. The molecule has 1 aromatic rings. The highest BCUT2D eigenvalue weighted by Crippen LogP contribution is 2.49. The van der Waals surface area contributed by atoms with Gasteiger partial charge in [-0.3, -0.25) is 0 Å². The van der Waals surface area contributed by atoms with Gasteiger partial charge in [0.05, 0.1) is 0 Å². The number of allylic oxidation sites excluding steroid dienone is 4. The summed E-state index contributed by atoms with van der Waals surface area (Å²) in [4.78, 5) is 0. The first-order valence-electron chi connectivity index (χ1n) is 9.04. The van der Waals surface area contributed by atoms with Crippen LogP contribution < -0.4 is 0 Å². The standard InChI is InChI=1S/C23H34O/c1-13-14(2)16(4)19(15(13)3)17-11-12-18(22(5,6)7)20(21(17)24)23(8,9)10/h11-12,15,24H,1-10H3. The van der Waals surface area contributed by atoms with Crippen molar-refractivity contribution in [1.82, 2.24) is 0 Å². The van der Waals surface area contributed by atoms with Gasteiger partial charge in [0, 0.05) is 17.0 Å². The molecule has 1 aliphatic carbocycles. The third kappa shape index (κ3) is 2.94. The molecule has 0 radical (unpaired) electrons. The summed E-state index contributed by atoms with van der Waals surface area (Å²) >= 11 is 0. The molecule has 0 aliphatic heterocycles. The maximum Gasteiger partial charge on any atom is 0.127 e. The summed E-state index contributed by atoms with van der Waals surface area (Å²) in [6, 6.07) is 4.36. The number of phenolic OH excluding ortho intramolecular Hbond substituents is 1. The molecule has 0 spiro atoms. The van der Waals surface area contributed by atoms with Crippen LogP contribution >= 0.6 is 0 Å². The molecule has 1 aromatic carbocycles. The van der Waals surface area contributed by atoms with E-state index in [1.807, 2.05) is 0 Å². The summed E-state index contributed by atoms with van der Waals surface area (Å²) in [7, 11) is 0. The van der Waals surface area contributed by atoms with Crippen molar-refractivity contribution in [2.45, 2.75) is 80.1 Å². The van der Waals surface area contributed by atoms with Crippen molar-refractivity contribution in [2.24, 2.45) is 5.92 Å². The number of phenols is 1. The van der Waals surface area contributed by atoms with E-state index in [4.69, 9.17) is 0 Å². The van der Waals surface area contributed by atoms with Crippen LogP contribution in [-0.4, -0.2) is 5.11 Å². The highest BCUT2D eigenvalue weighted by molar-refractivity contribution is 5.83. The fourth-order valence-corrected chi connectivity index (χ4v) is 3.99. The molecule has 0 saturated carbocycles. The Morgan fingerprint density at radius 1 is 0.833 bits per heavy atom. The van der Waals surface area contributed by atoms with E-state index in [0.29, 0.717) is 11.7 Å². The molecule has 24 heavy (non-hydrogen) atoms. The van der Waals surface area contributed by atoms with Crippen LogP contribution in [0.5, 0.6) is 5.75 Å². The van der Waals surface area contributed by atoms with Crippen molar-refractivity contribution in [3.8, 4) is 5.75 Å². The van der Waals surface area contributed by atoms with Crippen LogP contribution in [0.1, 0.15) is 85.9 Å². The molecule has 0 aromatic heterocycles. The van der Waals surface area contributed by atoms with Crippen LogP contribution in [-0.2, 0) is 10.8 Å². The van der Waals surface area contributed by atoms with Crippen LogP contribution in [0.15, 0.2) is 28.9 Å². The van der Waals surface area contributed by atoms with Gasteiger partial charge in [0.2, 0.25) is 0 Å². The minimum Gasteiger partial charge on any atom is -0.507 e. The van der Waals surface area contributed by atoms with Gasteiger partial charge in [-0.25, -0.2) is 0 Å². The molecule has 132 valence electrons. The molecule has 0 heterocycles. The van der Waals surface area contributed by atoms with Gasteiger partial charge in [-0.2, -0.15) is 0 Å². The summed E-state index contributed by atoms with van der Waals surface area (Å²) in [5.74, 6) is 0.836. The van der Waals surface area contributed by atoms with Crippen molar-refractivity contribution < 1.29 is 5.11 Å². The lowest BCUT2D eigenvalue weighted by Gasteiger charge is -2.32. The summed E-state index contributed by atoms with van der Waals surface area (Å²) < 4.78 is 0. The van der Waals surface area contributed by atoms with Gasteiger partial charge in [-0.15, -0.1) is 0 Å². The Bertz CT molecular complexity index is 731. The Balaban J connectivity index is 2.78. The van der Waals surface area contributed by atoms with Crippen LogP contribution in [0.4, 0.5) is 0 Å². The average Bonchev–Trinajstić information content (AvgIpc) is 2.61. The van der Waals surface area contributed by atoms with Crippen LogP contribution in [0, 0.1) is 5.92 Å². The Kier molecular flexibility index (Phi) is 4.54. The lowest BCUT2D eigenvalue weighted by molar-refractivity contribution is 0.433. The molecule has 1 nitrogen and oxygen atoms in total. The van der Waals surface area contributed by atoms with E-state index in [9.17, 15) is 5.11 Å². The van der Waals surface area contributed by atoms with E-state index >= 15 is 0 Å². The van der Waals surface area contributed by atoms with Gasteiger partial charge in [-0.05, 0) is 53.9 Å². The minimum atomic E-state index is -0.101. The lowest BCUT2D eigenvalue weighted by atomic mass is 9.73. The highest BCUT2D eigenvalue weighted by atomic mass is 16.3. The molecule has 0 fully saturated rings. The minimum absolute atomic E-state index is 0.00737. The normalized spacial score (nSPS) is 19.5. The number of benzene rings is 1. The second-order valence-corrected chi connectivity index (χ2v) is 9.45. The molecule has 1 heteroatoms. The SMILES string of the molecule is CC1=C(C)C(C)C(c2ccc(C(C)(C)C)c(C(C)(C)C)c2O)=C1C. The lowest BCUT2D eigenvalue weighted by Crippen LogP contribution is -2.22. The van der Waals surface area contributed by atoms with E-state index in [0.717, 1.165) is 11.1 Å². The van der Waals surface area contributed by atoms with Crippen molar-refractivity contribution >= 4 is 5.57 Å². The second kappa shape index (κ2) is 5.79. The number of aromatic hydroxyl groups is 1. The third-order valence-electron chi connectivity index (χ3n) is 5.67. The Hall–Kier alpha value is -1.50. The van der Waals surface area contributed by atoms with Gasteiger partial charge in [0.15, 0.2) is 0 Å². The molecule has 2 rings (SSSR count). The van der Waals surface area contributed by atoms with Crippen LogP contribution in [0.3, 0.4) is 0 Å². The molecule has 1 atom stereocenters. The maximum absolute atomic E-state index is 11.3. The fraction of sp³-hybridized carbons (Fsp3) is 0.565. The topological polar surface area (TPSA) is 20.2 Å². The van der Waals surface area contributed by atoms with Crippen molar-refractivity contribution in [3.05, 3.63) is 45.5 Å². The second-order valence-electron chi connectivity index (χ2n) is 9.45. The first-order chi connectivity index (χ1) is 10.8. The van der Waals surface area contributed by atoms with Crippen LogP contribution in [0.2, 0.25) is 0 Å². The molecular weight excluding hydrogens is 292 g/mol. The van der Waals surface area contributed by atoms with Crippen LogP contribution in [0.25, 0.3) is 5.57 Å². The summed E-state index contributed by atoms with van der Waals surface area (Å²) in [5.41, 5.74) is 8.63. The maximum atomic E-state index is 11.3. The monoisotopic (exact) mass is 326 g/mol. The summed E-state index contributed by atoms with van der Waals surface area (Å²) in [5, 5.41) is 11.3. The molecule has 1 aliphatic rings. The van der Waals surface area contributed by atoms with Crippen molar-refractivity contribution in [1.29, 1.82) is 0 Å². The first kappa shape index (κ1) is 18.8. The zero-order valence-corrected chi connectivity index (χ0v) is 17.2. The van der Waals surface area contributed by atoms with Gasteiger partial charge in [0.25, 0.3) is 0 Å². The van der Waals surface area contributed by atoms with Gasteiger partial charge < -0.3 is 5.11 Å². The summed E-state index contributed by atoms with van der Waals surface area (Å²) in [6.07, 6.45) is 0. The number of hydrogen-bond acceptors (Lipinski definition) is 1. The van der Waals surface area contributed by atoms with Gasteiger partial charge >= 0.3 is 0 Å². The Labute approximate surface area is 148 Å². The molecule has 1 unspecified atom stereocenters. The van der Waals surface area contributed by atoms with E-state index in [1.54, 1.807) is 0 Å². The predicted molar refractivity (Wildman–Crippen MR) is 106 cm³/mol. The summed E-state index contributed by atoms with van der Waals surface area (Å²) in [6.45, 7) is 22.1. The van der Waals surface area contributed by atoms with Crippen molar-refractivity contribution in [2.75, 3.05) is 0 Å². The van der Waals surface area contributed by atoms with E-state index in [-0.39, 0.29) is 10.8 Å². The molecular formula is C23H34O. The predicted octanol–water partition coefficient (Wildman–Crippen LogP) is 6.75. The Morgan fingerprint density at radius 2 is 1.38 bits per heavy atom. The first-order valence-corrected chi connectivity index (χ1v) is 9.04. The molecule has 0 amide bonds. The average molecular weight is 327 g/mol. The van der Waals surface area contributed by atoms with E-state index < -0.39 is 0 Å². The van der Waals surface area contributed by atoms with Gasteiger partial charge in [-0.1, -0.05) is 66.2 Å².